The lowest BCUT2D eigenvalue weighted by Gasteiger charge is -2.20. The molecule has 0 fully saturated rings. The van der Waals surface area contributed by atoms with Crippen LogP contribution in [0.3, 0.4) is 0 Å². The van der Waals surface area contributed by atoms with Gasteiger partial charge < -0.3 is 0 Å². The zero-order chi connectivity index (χ0) is 25.1. The molecule has 0 aromatic heterocycles. The molecule has 0 saturated heterocycles. The lowest BCUT2D eigenvalue weighted by Crippen LogP contribution is -1.94. The Hall–Kier alpha value is -4.42. The summed E-state index contributed by atoms with van der Waals surface area (Å²) in [6.45, 7) is 12.2. The molecule has 0 aliphatic rings. The number of fused-ring (bicyclic) bond motifs is 3. The molecule has 5 aromatic rings. The zero-order valence-electron chi connectivity index (χ0n) is 21.0. The first-order chi connectivity index (χ1) is 17.7. The van der Waals surface area contributed by atoms with E-state index in [0.717, 1.165) is 5.57 Å². The van der Waals surface area contributed by atoms with E-state index in [4.69, 9.17) is 0 Å². The number of hydrogen-bond acceptors (Lipinski definition) is 0. The van der Waals surface area contributed by atoms with Gasteiger partial charge >= 0.3 is 0 Å². The van der Waals surface area contributed by atoms with E-state index in [0.29, 0.717) is 0 Å². The van der Waals surface area contributed by atoms with E-state index in [-0.39, 0.29) is 0 Å². The fraction of sp³-hybridized carbons (Fsp3) is 0.0556. The Morgan fingerprint density at radius 3 is 1.69 bits per heavy atom. The first-order valence-corrected chi connectivity index (χ1v) is 12.4. The predicted octanol–water partition coefficient (Wildman–Crippen LogP) is 10.5. The molecule has 0 saturated carbocycles. The van der Waals surface area contributed by atoms with Crippen molar-refractivity contribution in [1.29, 1.82) is 0 Å². The van der Waals surface area contributed by atoms with Crippen LogP contribution < -0.4 is 0 Å². The predicted molar refractivity (Wildman–Crippen MR) is 161 cm³/mol. The van der Waals surface area contributed by atoms with E-state index in [2.05, 4.69) is 130 Å². The van der Waals surface area contributed by atoms with E-state index in [9.17, 15) is 0 Å². The highest BCUT2D eigenvalue weighted by atomic mass is 14.2. The second-order valence-electron chi connectivity index (χ2n) is 8.85. The summed E-state index contributed by atoms with van der Waals surface area (Å²) >= 11 is 0. The zero-order valence-corrected chi connectivity index (χ0v) is 21.0. The third kappa shape index (κ3) is 3.82. The molecule has 0 radical (unpaired) electrons. The molecule has 0 atom stereocenters. The number of rotatable bonds is 6. The third-order valence-corrected chi connectivity index (χ3v) is 6.90. The van der Waals surface area contributed by atoms with Gasteiger partial charge in [-0.3, -0.25) is 0 Å². The summed E-state index contributed by atoms with van der Waals surface area (Å²) in [5.74, 6) is 0. The van der Waals surface area contributed by atoms with Crippen molar-refractivity contribution in [3.8, 4) is 11.1 Å². The molecule has 0 N–H and O–H groups in total. The van der Waals surface area contributed by atoms with E-state index in [1.807, 2.05) is 18.2 Å². The quantitative estimate of drug-likeness (QED) is 0.174. The number of hydrogen-bond donors (Lipinski definition) is 0. The van der Waals surface area contributed by atoms with Crippen molar-refractivity contribution in [1.82, 2.24) is 0 Å². The largest absolute Gasteiger partial charge is 0.0990 e. The van der Waals surface area contributed by atoms with Gasteiger partial charge in [-0.15, -0.1) is 0 Å². The van der Waals surface area contributed by atoms with Crippen LogP contribution in [0, 0.1) is 0 Å². The normalized spacial score (nSPS) is 12.6. The third-order valence-electron chi connectivity index (χ3n) is 6.90. The molecular weight excluding hydrogens is 432 g/mol. The average molecular weight is 463 g/mol. The summed E-state index contributed by atoms with van der Waals surface area (Å²) in [5.41, 5.74) is 7.27. The van der Waals surface area contributed by atoms with Gasteiger partial charge in [-0.25, -0.2) is 0 Å². The maximum absolute atomic E-state index is 4.11. The Bertz CT molecular complexity index is 1660. The minimum atomic E-state index is 1.08. The number of allylic oxidation sites excluding steroid dienone is 8. The van der Waals surface area contributed by atoms with E-state index >= 15 is 0 Å². The Morgan fingerprint density at radius 2 is 1.17 bits per heavy atom. The van der Waals surface area contributed by atoms with Crippen molar-refractivity contribution in [2.45, 2.75) is 13.8 Å². The molecule has 0 aliphatic heterocycles. The second kappa shape index (κ2) is 10.1. The highest BCUT2D eigenvalue weighted by molar-refractivity contribution is 6.22. The van der Waals surface area contributed by atoms with Gasteiger partial charge in [0, 0.05) is 0 Å². The highest BCUT2D eigenvalue weighted by Gasteiger charge is 2.18. The van der Waals surface area contributed by atoms with Crippen molar-refractivity contribution < 1.29 is 0 Å². The summed E-state index contributed by atoms with van der Waals surface area (Å²) in [7, 11) is 0. The van der Waals surface area contributed by atoms with Crippen molar-refractivity contribution in [3.05, 3.63) is 146 Å². The highest BCUT2D eigenvalue weighted by Crippen LogP contribution is 2.44. The van der Waals surface area contributed by atoms with Crippen LogP contribution in [0.25, 0.3) is 54.6 Å². The van der Waals surface area contributed by atoms with Crippen LogP contribution in [-0.4, -0.2) is 0 Å². The molecule has 0 heterocycles. The van der Waals surface area contributed by atoms with Crippen LogP contribution in [0.2, 0.25) is 0 Å². The van der Waals surface area contributed by atoms with Gasteiger partial charge in [0.1, 0.15) is 0 Å². The van der Waals surface area contributed by atoms with E-state index in [1.54, 1.807) is 0 Å². The number of benzene rings is 5. The second-order valence-corrected chi connectivity index (χ2v) is 8.85. The monoisotopic (exact) mass is 462 g/mol. The first-order valence-electron chi connectivity index (χ1n) is 12.4. The Morgan fingerprint density at radius 1 is 0.611 bits per heavy atom. The molecular formula is C36H30. The minimum absolute atomic E-state index is 1.08. The molecule has 0 bridgehead atoms. The summed E-state index contributed by atoms with van der Waals surface area (Å²) in [5, 5.41) is 7.43. The summed E-state index contributed by atoms with van der Waals surface area (Å²) < 4.78 is 0. The lowest BCUT2D eigenvalue weighted by molar-refractivity contribution is 1.62. The molecule has 5 aromatic carbocycles. The van der Waals surface area contributed by atoms with Crippen molar-refractivity contribution in [2.75, 3.05) is 0 Å². The molecule has 0 unspecified atom stereocenters. The van der Waals surface area contributed by atoms with Crippen LogP contribution in [0.1, 0.15) is 25.0 Å². The van der Waals surface area contributed by atoms with Crippen LogP contribution >= 0.6 is 0 Å². The SMILES string of the molecule is C=C/C=C(\C=C)c1c2ccccc2c(-c2ccc(C(/C=C\C)=C/C)c3ccccc23)c2ccccc12. The van der Waals surface area contributed by atoms with Crippen molar-refractivity contribution >= 4 is 43.5 Å². The van der Waals surface area contributed by atoms with Gasteiger partial charge in [0.05, 0.1) is 0 Å². The Balaban J connectivity index is 1.96. The summed E-state index contributed by atoms with van der Waals surface area (Å²) in [4.78, 5) is 0. The maximum Gasteiger partial charge on any atom is -0.00201 e. The topological polar surface area (TPSA) is 0 Å². The van der Waals surface area contributed by atoms with Crippen molar-refractivity contribution in [2.24, 2.45) is 0 Å². The molecule has 0 aliphatic carbocycles. The van der Waals surface area contributed by atoms with Gasteiger partial charge in [-0.1, -0.05) is 135 Å². The summed E-state index contributed by atoms with van der Waals surface area (Å²) in [6.07, 6.45) is 12.3. The van der Waals surface area contributed by atoms with Gasteiger partial charge in [0.25, 0.3) is 0 Å². The molecule has 0 spiro atoms. The molecule has 174 valence electrons. The molecule has 0 nitrogen and oxygen atoms in total. The smallest absolute Gasteiger partial charge is 0.00201 e. The molecule has 0 heteroatoms. The van der Waals surface area contributed by atoms with Crippen LogP contribution in [0.15, 0.2) is 135 Å². The van der Waals surface area contributed by atoms with Crippen LogP contribution in [-0.2, 0) is 0 Å². The first kappa shape index (κ1) is 23.3. The van der Waals surface area contributed by atoms with Gasteiger partial charge in [-0.05, 0) is 79.6 Å². The fourth-order valence-electron chi connectivity index (χ4n) is 5.40. The van der Waals surface area contributed by atoms with Crippen molar-refractivity contribution in [3.63, 3.8) is 0 Å². The average Bonchev–Trinajstić information content (AvgIpc) is 2.93. The standard InChI is InChI=1S/C36H30/c1-5-15-25(7-3)27-23-24-34(29-18-10-9-17-28(27)29)36-32-21-13-11-19-30(32)35(26(8-4)16-6-2)31-20-12-14-22-33(31)36/h5-24H,2,4H2,1,3H3/b15-5-,25-7+,26-16+. The lowest BCUT2D eigenvalue weighted by atomic mass is 9.83. The van der Waals surface area contributed by atoms with Crippen LogP contribution in [0.5, 0.6) is 0 Å². The minimum Gasteiger partial charge on any atom is -0.0990 e. The Labute approximate surface area is 213 Å². The van der Waals surface area contributed by atoms with E-state index < -0.39 is 0 Å². The van der Waals surface area contributed by atoms with Gasteiger partial charge in [-0.2, -0.15) is 0 Å². The van der Waals surface area contributed by atoms with Gasteiger partial charge in [0.2, 0.25) is 0 Å². The maximum atomic E-state index is 4.11. The Kier molecular flexibility index (Phi) is 6.52. The van der Waals surface area contributed by atoms with Crippen LogP contribution in [0.4, 0.5) is 0 Å². The summed E-state index contributed by atoms with van der Waals surface area (Å²) in [6, 6.07) is 30.8. The molecule has 36 heavy (non-hydrogen) atoms. The van der Waals surface area contributed by atoms with E-state index in [1.165, 1.54) is 60.1 Å². The van der Waals surface area contributed by atoms with Gasteiger partial charge in [0.15, 0.2) is 0 Å². The fourth-order valence-corrected chi connectivity index (χ4v) is 5.40. The molecule has 5 rings (SSSR count). The molecule has 0 amide bonds.